The van der Waals surface area contributed by atoms with Crippen molar-refractivity contribution < 1.29 is 14.3 Å². The lowest BCUT2D eigenvalue weighted by atomic mass is 10.1. The first-order valence-electron chi connectivity index (χ1n) is 8.38. The van der Waals surface area contributed by atoms with Gasteiger partial charge in [-0.05, 0) is 36.2 Å². The van der Waals surface area contributed by atoms with Crippen LogP contribution >= 0.6 is 11.3 Å². The zero-order valence-electron chi connectivity index (χ0n) is 14.8. The van der Waals surface area contributed by atoms with E-state index in [1.807, 2.05) is 24.3 Å². The second kappa shape index (κ2) is 8.95. The summed E-state index contributed by atoms with van der Waals surface area (Å²) in [6.07, 6.45) is 2.53. The molecule has 0 radical (unpaired) electrons. The van der Waals surface area contributed by atoms with Crippen LogP contribution < -0.4 is 15.4 Å². The lowest BCUT2D eigenvalue weighted by Crippen LogP contribution is -2.18. The predicted octanol–water partition coefficient (Wildman–Crippen LogP) is 3.98. The second-order valence-electron chi connectivity index (χ2n) is 5.73. The highest BCUT2D eigenvalue weighted by Gasteiger charge is 2.14. The fraction of sp³-hybridized carbons (Fsp3) is 0.150. The number of carbonyl (C=O) groups excluding carboxylic acids is 2. The Balaban J connectivity index is 1.61. The van der Waals surface area contributed by atoms with Crippen LogP contribution in [0.1, 0.15) is 22.3 Å². The van der Waals surface area contributed by atoms with E-state index in [1.54, 1.807) is 43.0 Å². The summed E-state index contributed by atoms with van der Waals surface area (Å²) in [5, 5.41) is 7.84. The van der Waals surface area contributed by atoms with E-state index in [2.05, 4.69) is 15.6 Å². The number of amides is 2. The molecular weight excluding hydrogens is 362 g/mol. The molecule has 138 valence electrons. The average molecular weight is 381 g/mol. The molecule has 0 aliphatic heterocycles. The van der Waals surface area contributed by atoms with E-state index in [-0.39, 0.29) is 11.8 Å². The number of ether oxygens (including phenoxy) is 1. The van der Waals surface area contributed by atoms with Crippen molar-refractivity contribution in [1.29, 1.82) is 0 Å². The molecule has 2 amide bonds. The maximum Gasteiger partial charge on any atom is 0.259 e. The van der Waals surface area contributed by atoms with Crippen LogP contribution in [0.2, 0.25) is 0 Å². The number of para-hydroxylation sites is 1. The summed E-state index contributed by atoms with van der Waals surface area (Å²) in [6, 6.07) is 14.5. The minimum atomic E-state index is -0.309. The van der Waals surface area contributed by atoms with E-state index in [4.69, 9.17) is 4.74 Å². The molecule has 0 saturated carbocycles. The molecule has 1 aromatic heterocycles. The molecule has 0 aliphatic rings. The predicted molar refractivity (Wildman–Crippen MR) is 106 cm³/mol. The molecule has 0 atom stereocenters. The Labute approximate surface area is 161 Å². The van der Waals surface area contributed by atoms with Gasteiger partial charge in [0, 0.05) is 18.0 Å². The smallest absolute Gasteiger partial charge is 0.259 e. The van der Waals surface area contributed by atoms with Gasteiger partial charge in [-0.1, -0.05) is 24.3 Å². The lowest BCUT2D eigenvalue weighted by Gasteiger charge is -2.10. The highest BCUT2D eigenvalue weighted by Crippen LogP contribution is 2.19. The van der Waals surface area contributed by atoms with Crippen molar-refractivity contribution in [2.45, 2.75) is 12.8 Å². The van der Waals surface area contributed by atoms with Crippen molar-refractivity contribution in [2.24, 2.45) is 0 Å². The average Bonchev–Trinajstić information content (AvgIpc) is 3.20. The number of thiazole rings is 1. The first-order valence-corrected chi connectivity index (χ1v) is 9.26. The maximum atomic E-state index is 12.4. The van der Waals surface area contributed by atoms with E-state index in [0.29, 0.717) is 29.2 Å². The number of aromatic nitrogens is 1. The Bertz CT molecular complexity index is 908. The van der Waals surface area contributed by atoms with Crippen molar-refractivity contribution in [1.82, 2.24) is 4.98 Å². The fourth-order valence-corrected chi connectivity index (χ4v) is 3.03. The van der Waals surface area contributed by atoms with Crippen molar-refractivity contribution in [2.75, 3.05) is 17.7 Å². The molecule has 7 heteroatoms. The molecule has 1 heterocycles. The van der Waals surface area contributed by atoms with Gasteiger partial charge in [0.1, 0.15) is 5.75 Å². The summed E-state index contributed by atoms with van der Waals surface area (Å²) >= 11 is 1.33. The van der Waals surface area contributed by atoms with Gasteiger partial charge in [-0.3, -0.25) is 14.9 Å². The number of nitrogens with zero attached hydrogens (tertiary/aromatic N) is 1. The molecule has 3 aromatic rings. The third-order valence-electron chi connectivity index (χ3n) is 3.90. The number of carbonyl (C=O) groups is 2. The molecule has 2 N–H and O–H groups in total. The van der Waals surface area contributed by atoms with Gasteiger partial charge in [-0.25, -0.2) is 4.98 Å². The standard InChI is InChI=1S/C20H19N3O3S/c1-26-15-9-6-14(7-10-15)8-11-18(24)22-17-5-3-2-4-16(17)19(25)23-20-21-12-13-27-20/h2-7,9-10,12-13H,8,11H2,1H3,(H,22,24)(H,21,23,25). The monoisotopic (exact) mass is 381 g/mol. The summed E-state index contributed by atoms with van der Waals surface area (Å²) in [5.41, 5.74) is 1.91. The zero-order valence-corrected chi connectivity index (χ0v) is 15.6. The number of aryl methyl sites for hydroxylation is 1. The second-order valence-corrected chi connectivity index (χ2v) is 6.63. The van der Waals surface area contributed by atoms with Gasteiger partial charge in [0.25, 0.3) is 5.91 Å². The third-order valence-corrected chi connectivity index (χ3v) is 4.59. The third kappa shape index (κ3) is 5.15. The molecule has 0 spiro atoms. The first-order chi connectivity index (χ1) is 13.2. The maximum absolute atomic E-state index is 12.4. The van der Waals surface area contributed by atoms with Crippen molar-refractivity contribution in [3.63, 3.8) is 0 Å². The Kier molecular flexibility index (Phi) is 6.17. The van der Waals surface area contributed by atoms with Crippen molar-refractivity contribution in [3.05, 3.63) is 71.2 Å². The molecule has 3 rings (SSSR count). The van der Waals surface area contributed by atoms with Crippen LogP contribution in [0.3, 0.4) is 0 Å². The van der Waals surface area contributed by atoms with Gasteiger partial charge in [0.15, 0.2) is 5.13 Å². The van der Waals surface area contributed by atoms with Gasteiger partial charge in [0.05, 0.1) is 18.4 Å². The normalized spacial score (nSPS) is 10.3. The van der Waals surface area contributed by atoms with Crippen LogP contribution in [0.25, 0.3) is 0 Å². The summed E-state index contributed by atoms with van der Waals surface area (Å²) < 4.78 is 5.13. The number of hydrogen-bond donors (Lipinski definition) is 2. The number of rotatable bonds is 7. The number of methoxy groups -OCH3 is 1. The van der Waals surface area contributed by atoms with Crippen molar-refractivity contribution >= 4 is 34.0 Å². The topological polar surface area (TPSA) is 80.3 Å². The zero-order chi connectivity index (χ0) is 19.1. The summed E-state index contributed by atoms with van der Waals surface area (Å²) in [6.45, 7) is 0. The van der Waals surface area contributed by atoms with E-state index in [1.165, 1.54) is 11.3 Å². The summed E-state index contributed by atoms with van der Waals surface area (Å²) in [7, 11) is 1.62. The van der Waals surface area contributed by atoms with Crippen LogP contribution in [0, 0.1) is 0 Å². The van der Waals surface area contributed by atoms with Gasteiger partial charge in [-0.15, -0.1) is 11.3 Å². The SMILES string of the molecule is COc1ccc(CCC(=O)Nc2ccccc2C(=O)Nc2nccs2)cc1. The minimum absolute atomic E-state index is 0.152. The van der Waals surface area contributed by atoms with Crippen LogP contribution in [0.15, 0.2) is 60.1 Å². The lowest BCUT2D eigenvalue weighted by molar-refractivity contribution is -0.116. The molecule has 0 fully saturated rings. The Morgan fingerprint density at radius 2 is 1.85 bits per heavy atom. The number of nitrogens with one attached hydrogen (secondary N) is 2. The van der Waals surface area contributed by atoms with Crippen LogP contribution in [-0.4, -0.2) is 23.9 Å². The molecular formula is C20H19N3O3S. The minimum Gasteiger partial charge on any atom is -0.497 e. The van der Waals surface area contributed by atoms with E-state index >= 15 is 0 Å². The largest absolute Gasteiger partial charge is 0.497 e. The van der Waals surface area contributed by atoms with E-state index in [0.717, 1.165) is 11.3 Å². The molecule has 0 aliphatic carbocycles. The van der Waals surface area contributed by atoms with Crippen LogP contribution in [-0.2, 0) is 11.2 Å². The Morgan fingerprint density at radius 1 is 1.07 bits per heavy atom. The first kappa shape index (κ1) is 18.6. The summed E-state index contributed by atoms with van der Waals surface area (Å²) in [5.74, 6) is 0.319. The van der Waals surface area contributed by atoms with Gasteiger partial charge < -0.3 is 10.1 Å². The molecule has 2 aromatic carbocycles. The van der Waals surface area contributed by atoms with Crippen LogP contribution in [0.5, 0.6) is 5.75 Å². The molecule has 6 nitrogen and oxygen atoms in total. The van der Waals surface area contributed by atoms with Crippen molar-refractivity contribution in [3.8, 4) is 5.75 Å². The highest BCUT2D eigenvalue weighted by atomic mass is 32.1. The van der Waals surface area contributed by atoms with E-state index < -0.39 is 0 Å². The number of hydrogen-bond acceptors (Lipinski definition) is 5. The van der Waals surface area contributed by atoms with Gasteiger partial charge in [-0.2, -0.15) is 0 Å². The van der Waals surface area contributed by atoms with Gasteiger partial charge >= 0.3 is 0 Å². The number of anilines is 2. The summed E-state index contributed by atoms with van der Waals surface area (Å²) in [4.78, 5) is 28.8. The molecule has 27 heavy (non-hydrogen) atoms. The molecule has 0 bridgehead atoms. The molecule has 0 saturated heterocycles. The van der Waals surface area contributed by atoms with E-state index in [9.17, 15) is 9.59 Å². The molecule has 0 unspecified atom stereocenters. The quantitative estimate of drug-likeness (QED) is 0.649. The Hall–Kier alpha value is -3.19. The van der Waals surface area contributed by atoms with Crippen LogP contribution in [0.4, 0.5) is 10.8 Å². The Morgan fingerprint density at radius 3 is 2.56 bits per heavy atom. The number of benzene rings is 2. The fourth-order valence-electron chi connectivity index (χ4n) is 2.50. The van der Waals surface area contributed by atoms with Gasteiger partial charge in [0.2, 0.25) is 5.91 Å². The highest BCUT2D eigenvalue weighted by molar-refractivity contribution is 7.13.